The number of aromatic nitrogens is 1. The molecule has 27 heavy (non-hydrogen) atoms. The van der Waals surface area contributed by atoms with E-state index >= 15 is 0 Å². The molecule has 2 N–H and O–H groups in total. The number of likely N-dealkylation sites (N-methyl/N-ethyl adjacent to an activating group) is 1. The van der Waals surface area contributed by atoms with Crippen molar-refractivity contribution in [2.24, 2.45) is 0 Å². The summed E-state index contributed by atoms with van der Waals surface area (Å²) in [6.45, 7) is 11.9. The second kappa shape index (κ2) is 7.56. The summed E-state index contributed by atoms with van der Waals surface area (Å²) >= 11 is 0. The van der Waals surface area contributed by atoms with Crippen LogP contribution in [0.2, 0.25) is 0 Å². The monoisotopic (exact) mass is 369 g/mol. The third kappa shape index (κ3) is 3.76. The molecule has 1 saturated heterocycles. The first-order chi connectivity index (χ1) is 12.8. The molecule has 0 radical (unpaired) electrons. The maximum atomic E-state index is 13.0. The summed E-state index contributed by atoms with van der Waals surface area (Å²) in [7, 11) is 0. The Morgan fingerprint density at radius 2 is 1.93 bits per heavy atom. The molecule has 1 aromatic heterocycles. The van der Waals surface area contributed by atoms with Gasteiger partial charge in [-0.25, -0.2) is 0 Å². The number of carbonyl (C=O) groups is 1. The molecule has 1 aliphatic rings. The van der Waals surface area contributed by atoms with Crippen molar-refractivity contribution >= 4 is 17.3 Å². The fourth-order valence-corrected chi connectivity index (χ4v) is 3.59. The summed E-state index contributed by atoms with van der Waals surface area (Å²) in [5.74, 6) is -0.268. The standard InChI is InChI=1S/C21H27N3O3/c1-6-24(16-10-27-11-16)18-8-12(2)7-17(15(18)5)20(25)23-19-13(3)9-14(4)22-21(19)26/h7-9,16H,6,10-11H2,1-5H3,(H,22,26)(H,23,25). The SMILES string of the molecule is CCN(c1cc(C)cc(C(=O)Nc2c(C)cc(C)[nH]c2=O)c1C)C1COC1. The van der Waals surface area contributed by atoms with E-state index in [0.29, 0.717) is 30.5 Å². The Balaban J connectivity index is 1.97. The fraction of sp³-hybridized carbons (Fsp3) is 0.429. The van der Waals surface area contributed by atoms with Crippen LogP contribution in [0.15, 0.2) is 23.0 Å². The first-order valence-electron chi connectivity index (χ1n) is 9.29. The number of H-pyrrole nitrogens is 1. The zero-order valence-electron chi connectivity index (χ0n) is 16.6. The van der Waals surface area contributed by atoms with Gasteiger partial charge in [0.1, 0.15) is 5.69 Å². The summed E-state index contributed by atoms with van der Waals surface area (Å²) in [5.41, 5.74) is 5.08. The van der Waals surface area contributed by atoms with E-state index in [4.69, 9.17) is 4.74 Å². The maximum Gasteiger partial charge on any atom is 0.272 e. The molecule has 1 amide bonds. The van der Waals surface area contributed by atoms with Gasteiger partial charge in [-0.2, -0.15) is 0 Å². The van der Waals surface area contributed by atoms with Crippen molar-refractivity contribution in [1.82, 2.24) is 4.98 Å². The molecule has 0 bridgehead atoms. The highest BCUT2D eigenvalue weighted by Gasteiger charge is 2.27. The lowest BCUT2D eigenvalue weighted by Crippen LogP contribution is -2.49. The van der Waals surface area contributed by atoms with Crippen molar-refractivity contribution in [2.75, 3.05) is 30.0 Å². The average molecular weight is 369 g/mol. The predicted octanol–water partition coefficient (Wildman–Crippen LogP) is 3.09. The smallest absolute Gasteiger partial charge is 0.272 e. The zero-order valence-corrected chi connectivity index (χ0v) is 16.6. The zero-order chi connectivity index (χ0) is 19.7. The number of amides is 1. The molecule has 6 nitrogen and oxygen atoms in total. The highest BCUT2D eigenvalue weighted by Crippen LogP contribution is 2.29. The molecular weight excluding hydrogens is 342 g/mol. The van der Waals surface area contributed by atoms with E-state index in [2.05, 4.69) is 28.2 Å². The van der Waals surface area contributed by atoms with E-state index in [0.717, 1.165) is 34.6 Å². The third-order valence-corrected chi connectivity index (χ3v) is 5.08. The molecule has 1 fully saturated rings. The Kier molecular flexibility index (Phi) is 5.37. The van der Waals surface area contributed by atoms with Gasteiger partial charge in [0.05, 0.1) is 19.3 Å². The molecule has 1 aromatic carbocycles. The van der Waals surface area contributed by atoms with Gasteiger partial charge < -0.3 is 19.9 Å². The molecule has 0 saturated carbocycles. The van der Waals surface area contributed by atoms with Gasteiger partial charge in [-0.1, -0.05) is 0 Å². The maximum absolute atomic E-state index is 13.0. The number of hydrogen-bond donors (Lipinski definition) is 2. The molecular formula is C21H27N3O3. The first kappa shape index (κ1) is 19.2. The summed E-state index contributed by atoms with van der Waals surface area (Å²) in [5, 5.41) is 2.81. The van der Waals surface area contributed by atoms with Crippen LogP contribution in [0.4, 0.5) is 11.4 Å². The van der Waals surface area contributed by atoms with Crippen LogP contribution >= 0.6 is 0 Å². The fourth-order valence-electron chi connectivity index (χ4n) is 3.59. The number of ether oxygens (including phenoxy) is 1. The Bertz CT molecular complexity index is 929. The summed E-state index contributed by atoms with van der Waals surface area (Å²) in [6.07, 6.45) is 0. The minimum absolute atomic E-state index is 0.268. The normalized spacial score (nSPS) is 14.0. The Hall–Kier alpha value is -2.60. The lowest BCUT2D eigenvalue weighted by atomic mass is 10.00. The summed E-state index contributed by atoms with van der Waals surface area (Å²) in [6, 6.07) is 6.17. The van der Waals surface area contributed by atoms with Gasteiger partial charge in [0.15, 0.2) is 0 Å². The van der Waals surface area contributed by atoms with Crippen LogP contribution in [0.3, 0.4) is 0 Å². The van der Waals surface area contributed by atoms with Gasteiger partial charge in [-0.05, 0) is 69.5 Å². The van der Waals surface area contributed by atoms with Crippen LogP contribution in [0, 0.1) is 27.7 Å². The topological polar surface area (TPSA) is 74.4 Å². The minimum atomic E-state index is -0.284. The molecule has 0 aliphatic carbocycles. The lowest BCUT2D eigenvalue weighted by molar-refractivity contribution is 0.00844. The van der Waals surface area contributed by atoms with Gasteiger partial charge in [0.25, 0.3) is 11.5 Å². The molecule has 0 spiro atoms. The van der Waals surface area contributed by atoms with Gasteiger partial charge in [0.2, 0.25) is 0 Å². The Morgan fingerprint density at radius 3 is 2.48 bits per heavy atom. The van der Waals surface area contributed by atoms with E-state index in [1.54, 1.807) is 0 Å². The second-order valence-corrected chi connectivity index (χ2v) is 7.23. The van der Waals surface area contributed by atoms with E-state index < -0.39 is 0 Å². The van der Waals surface area contributed by atoms with Gasteiger partial charge in [-0.3, -0.25) is 9.59 Å². The van der Waals surface area contributed by atoms with Gasteiger partial charge in [-0.15, -0.1) is 0 Å². The molecule has 2 heterocycles. The van der Waals surface area contributed by atoms with E-state index in [-0.39, 0.29) is 11.5 Å². The number of anilines is 2. The van der Waals surface area contributed by atoms with Crippen molar-refractivity contribution in [3.05, 3.63) is 56.5 Å². The first-order valence-corrected chi connectivity index (χ1v) is 9.29. The molecule has 1 aliphatic heterocycles. The average Bonchev–Trinajstić information content (AvgIpc) is 2.55. The van der Waals surface area contributed by atoms with Crippen LogP contribution in [-0.2, 0) is 4.74 Å². The summed E-state index contributed by atoms with van der Waals surface area (Å²) in [4.78, 5) is 30.3. The van der Waals surface area contributed by atoms with E-state index in [1.807, 2.05) is 39.8 Å². The molecule has 0 atom stereocenters. The van der Waals surface area contributed by atoms with Crippen molar-refractivity contribution in [3.63, 3.8) is 0 Å². The van der Waals surface area contributed by atoms with Crippen LogP contribution in [0.5, 0.6) is 0 Å². The lowest BCUT2D eigenvalue weighted by Gasteiger charge is -2.39. The number of nitrogens with one attached hydrogen (secondary N) is 2. The van der Waals surface area contributed by atoms with E-state index in [1.165, 1.54) is 0 Å². The highest BCUT2D eigenvalue weighted by atomic mass is 16.5. The highest BCUT2D eigenvalue weighted by molar-refractivity contribution is 6.06. The van der Waals surface area contributed by atoms with Crippen LogP contribution in [0.1, 0.15) is 39.7 Å². The molecule has 3 rings (SSSR count). The predicted molar refractivity (Wildman–Crippen MR) is 108 cm³/mol. The van der Waals surface area contributed by atoms with Gasteiger partial charge in [0, 0.05) is 23.5 Å². The van der Waals surface area contributed by atoms with E-state index in [9.17, 15) is 9.59 Å². The third-order valence-electron chi connectivity index (χ3n) is 5.08. The number of benzene rings is 1. The Morgan fingerprint density at radius 1 is 1.22 bits per heavy atom. The second-order valence-electron chi connectivity index (χ2n) is 7.23. The van der Waals surface area contributed by atoms with Crippen LogP contribution in [-0.4, -0.2) is 36.7 Å². The molecule has 2 aromatic rings. The quantitative estimate of drug-likeness (QED) is 0.849. The number of aryl methyl sites for hydroxylation is 3. The summed E-state index contributed by atoms with van der Waals surface area (Å²) < 4.78 is 5.34. The number of rotatable bonds is 5. The minimum Gasteiger partial charge on any atom is -0.377 e. The van der Waals surface area contributed by atoms with Crippen molar-refractivity contribution in [2.45, 2.75) is 40.7 Å². The number of aromatic amines is 1. The van der Waals surface area contributed by atoms with Crippen molar-refractivity contribution in [3.8, 4) is 0 Å². The molecule has 144 valence electrons. The van der Waals surface area contributed by atoms with Crippen molar-refractivity contribution in [1.29, 1.82) is 0 Å². The van der Waals surface area contributed by atoms with Crippen LogP contribution < -0.4 is 15.8 Å². The number of nitrogens with zero attached hydrogens (tertiary/aromatic N) is 1. The number of carbonyl (C=O) groups excluding carboxylic acids is 1. The number of pyridine rings is 1. The number of hydrogen-bond acceptors (Lipinski definition) is 4. The van der Waals surface area contributed by atoms with Gasteiger partial charge >= 0.3 is 0 Å². The molecule has 6 heteroatoms. The molecule has 0 unspecified atom stereocenters. The largest absolute Gasteiger partial charge is 0.377 e. The van der Waals surface area contributed by atoms with Crippen molar-refractivity contribution < 1.29 is 9.53 Å². The Labute approximate surface area is 159 Å². The van der Waals surface area contributed by atoms with Crippen LogP contribution in [0.25, 0.3) is 0 Å².